The van der Waals surface area contributed by atoms with E-state index in [1.165, 1.54) is 10.4 Å². The fourth-order valence-corrected chi connectivity index (χ4v) is 8.59. The number of thiazole rings is 1. The number of amides is 1. The van der Waals surface area contributed by atoms with E-state index in [-0.39, 0.29) is 41.1 Å². The number of nitrogens with one attached hydrogen (secondary N) is 1. The number of rotatable bonds is 4. The number of hydrogen-bond donors (Lipinski definition) is 1. The number of likely N-dealkylation sites (N-methyl/N-ethyl adjacent to an activating group) is 1. The highest BCUT2D eigenvalue weighted by atomic mass is 32.1. The number of carbonyl (C=O) groups excluding carboxylic acids is 2. The van der Waals surface area contributed by atoms with Crippen LogP contribution in [0.1, 0.15) is 66.0 Å². The maximum absolute atomic E-state index is 13.1. The van der Waals surface area contributed by atoms with Gasteiger partial charge in [0.15, 0.2) is 5.13 Å². The largest absolute Gasteiger partial charge is 0.461 e. The first kappa shape index (κ1) is 25.0. The maximum atomic E-state index is 13.1. The highest BCUT2D eigenvalue weighted by Crippen LogP contribution is 2.59. The Balaban J connectivity index is 1.14. The molecule has 0 bridgehead atoms. The average Bonchev–Trinajstić information content (AvgIpc) is 3.39. The van der Waals surface area contributed by atoms with E-state index >= 15 is 0 Å². The number of aromatic nitrogens is 1. The second-order valence-corrected chi connectivity index (χ2v) is 13.2. The van der Waals surface area contributed by atoms with Gasteiger partial charge < -0.3 is 9.64 Å². The summed E-state index contributed by atoms with van der Waals surface area (Å²) >= 11 is 1.61. The van der Waals surface area contributed by atoms with E-state index in [9.17, 15) is 9.59 Å². The summed E-state index contributed by atoms with van der Waals surface area (Å²) in [5.74, 6) is 0.597. The normalized spacial score (nSPS) is 33.8. The monoisotopic (exact) mass is 522 g/mol. The number of ether oxygens (including phenoxy) is 1. The summed E-state index contributed by atoms with van der Waals surface area (Å²) in [4.78, 5) is 36.4. The molecule has 2 aromatic rings. The third-order valence-electron chi connectivity index (χ3n) is 9.60. The first-order valence-corrected chi connectivity index (χ1v) is 14.5. The number of esters is 1. The van der Waals surface area contributed by atoms with Gasteiger partial charge in [0.05, 0.1) is 11.6 Å². The highest BCUT2D eigenvalue weighted by Gasteiger charge is 2.58. The van der Waals surface area contributed by atoms with E-state index in [2.05, 4.69) is 48.1 Å². The molecule has 4 aliphatic rings. The maximum Gasteiger partial charge on any atom is 0.309 e. The zero-order chi connectivity index (χ0) is 25.9. The Morgan fingerprint density at radius 3 is 2.62 bits per heavy atom. The summed E-state index contributed by atoms with van der Waals surface area (Å²) in [6.07, 6.45) is 3.05. The van der Waals surface area contributed by atoms with Gasteiger partial charge in [0.1, 0.15) is 6.10 Å². The van der Waals surface area contributed by atoms with E-state index in [4.69, 9.17) is 9.72 Å². The summed E-state index contributed by atoms with van der Waals surface area (Å²) < 4.78 is 5.95. The standard InChI is InChI=1S/C29H38N4O3S/c1-17-21-9-10-29(3)15-22-24(18(2)23(29)25(21)36-27(17)35)30-28(37-22)31-26(34)20-7-5-19(6-8-20)16-33-13-11-32(4)12-14-33/h5-8,17-18,21,23,25H,9-16H2,1-4H3,(H,30,31,34)/t17-,18-,21-,23+,25-,29+/m0/s1. The van der Waals surface area contributed by atoms with E-state index in [0.717, 1.165) is 57.7 Å². The van der Waals surface area contributed by atoms with Crippen molar-refractivity contribution >= 4 is 28.3 Å². The zero-order valence-electron chi connectivity index (χ0n) is 22.3. The first-order chi connectivity index (χ1) is 17.7. The second kappa shape index (κ2) is 9.47. The number of anilines is 1. The molecule has 0 unspecified atom stereocenters. The van der Waals surface area contributed by atoms with E-state index in [1.54, 1.807) is 11.3 Å². The van der Waals surface area contributed by atoms with Gasteiger partial charge >= 0.3 is 5.97 Å². The van der Waals surface area contributed by atoms with Crippen molar-refractivity contribution in [1.82, 2.24) is 14.8 Å². The number of fused-ring (bicyclic) bond motifs is 4. The quantitative estimate of drug-likeness (QED) is 0.600. The van der Waals surface area contributed by atoms with Crippen molar-refractivity contribution in [3.05, 3.63) is 46.0 Å². The van der Waals surface area contributed by atoms with E-state index in [1.807, 2.05) is 19.1 Å². The lowest BCUT2D eigenvalue weighted by atomic mass is 9.54. The summed E-state index contributed by atoms with van der Waals surface area (Å²) in [6, 6.07) is 7.96. The molecule has 1 amide bonds. The zero-order valence-corrected chi connectivity index (χ0v) is 23.1. The lowest BCUT2D eigenvalue weighted by Gasteiger charge is -2.51. The van der Waals surface area contributed by atoms with Crippen LogP contribution in [-0.4, -0.2) is 66.0 Å². The SMILES string of the molecule is C[C@@H]1C(=O)O[C@H]2[C@H]1CC[C@]1(C)Cc3sc(NC(=O)c4ccc(CN5CCN(C)CC5)cc4)nc3[C@@H](C)[C@H]21. The Kier molecular flexibility index (Phi) is 6.40. The molecule has 6 rings (SSSR count). The van der Waals surface area contributed by atoms with Crippen molar-refractivity contribution in [2.75, 3.05) is 38.5 Å². The molecule has 3 heterocycles. The molecular weight excluding hydrogens is 484 g/mol. The number of nitrogens with zero attached hydrogens (tertiary/aromatic N) is 3. The van der Waals surface area contributed by atoms with Crippen LogP contribution < -0.4 is 5.32 Å². The number of piperazine rings is 1. The van der Waals surface area contributed by atoms with Crippen molar-refractivity contribution in [1.29, 1.82) is 0 Å². The Hall–Kier alpha value is -2.29. The third kappa shape index (κ3) is 4.51. The molecule has 7 nitrogen and oxygen atoms in total. The molecule has 1 saturated carbocycles. The molecule has 2 aliphatic carbocycles. The molecule has 37 heavy (non-hydrogen) atoms. The lowest BCUT2D eigenvalue weighted by Crippen LogP contribution is -2.50. The molecule has 2 aliphatic heterocycles. The van der Waals surface area contributed by atoms with Gasteiger partial charge in [-0.1, -0.05) is 32.9 Å². The molecule has 1 aromatic heterocycles. The summed E-state index contributed by atoms with van der Waals surface area (Å²) in [6.45, 7) is 11.9. The second-order valence-electron chi connectivity index (χ2n) is 12.1. The first-order valence-electron chi connectivity index (χ1n) is 13.7. The van der Waals surface area contributed by atoms with Crippen molar-refractivity contribution < 1.29 is 14.3 Å². The van der Waals surface area contributed by atoms with Crippen LogP contribution in [-0.2, 0) is 22.5 Å². The van der Waals surface area contributed by atoms with Crippen molar-refractivity contribution in [2.24, 2.45) is 23.2 Å². The van der Waals surface area contributed by atoms with Gasteiger partial charge in [-0.25, -0.2) is 4.98 Å². The van der Waals surface area contributed by atoms with Crippen LogP contribution >= 0.6 is 11.3 Å². The summed E-state index contributed by atoms with van der Waals surface area (Å²) in [5, 5.41) is 3.73. The lowest BCUT2D eigenvalue weighted by molar-refractivity contribution is -0.149. The fraction of sp³-hybridized carbons (Fsp3) is 0.621. The molecule has 1 aromatic carbocycles. The smallest absolute Gasteiger partial charge is 0.309 e. The summed E-state index contributed by atoms with van der Waals surface area (Å²) in [7, 11) is 2.17. The van der Waals surface area contributed by atoms with Gasteiger partial charge in [0.2, 0.25) is 0 Å². The Bertz CT molecular complexity index is 1190. The molecule has 2 saturated heterocycles. The van der Waals surface area contributed by atoms with E-state index in [0.29, 0.717) is 16.6 Å². The van der Waals surface area contributed by atoms with E-state index < -0.39 is 0 Å². The van der Waals surface area contributed by atoms with Crippen LogP contribution in [0.2, 0.25) is 0 Å². The minimum Gasteiger partial charge on any atom is -0.461 e. The average molecular weight is 523 g/mol. The Labute approximate surface area is 223 Å². The number of benzene rings is 1. The van der Waals surface area contributed by atoms with Gasteiger partial charge in [-0.2, -0.15) is 0 Å². The fourth-order valence-electron chi connectivity index (χ4n) is 7.33. The molecule has 0 spiro atoms. The molecule has 1 N–H and O–H groups in total. The van der Waals surface area contributed by atoms with Crippen LogP contribution in [0.3, 0.4) is 0 Å². The topological polar surface area (TPSA) is 74.8 Å². The predicted molar refractivity (Wildman–Crippen MR) is 145 cm³/mol. The Morgan fingerprint density at radius 2 is 1.89 bits per heavy atom. The minimum atomic E-state index is -0.118. The summed E-state index contributed by atoms with van der Waals surface area (Å²) in [5.41, 5.74) is 3.04. The van der Waals surface area contributed by atoms with Crippen molar-refractivity contribution in [3.8, 4) is 0 Å². The molecule has 0 radical (unpaired) electrons. The van der Waals surface area contributed by atoms with Crippen LogP contribution in [0.15, 0.2) is 24.3 Å². The van der Waals surface area contributed by atoms with Crippen LogP contribution in [0.4, 0.5) is 5.13 Å². The third-order valence-corrected chi connectivity index (χ3v) is 10.6. The highest BCUT2D eigenvalue weighted by molar-refractivity contribution is 7.15. The molecule has 8 heteroatoms. The number of carbonyl (C=O) groups is 2. The minimum absolute atomic E-state index is 0.0126. The predicted octanol–water partition coefficient (Wildman–Crippen LogP) is 4.40. The van der Waals surface area contributed by atoms with Crippen LogP contribution in [0, 0.1) is 23.2 Å². The molecule has 3 fully saturated rings. The Morgan fingerprint density at radius 1 is 1.16 bits per heavy atom. The van der Waals surface area contributed by atoms with Gasteiger partial charge in [-0.05, 0) is 49.4 Å². The molecule has 198 valence electrons. The number of hydrogen-bond acceptors (Lipinski definition) is 7. The molecule has 6 atom stereocenters. The molecular formula is C29H38N4O3S. The van der Waals surface area contributed by atoms with Crippen molar-refractivity contribution in [2.45, 2.75) is 58.6 Å². The van der Waals surface area contributed by atoms with Gasteiger partial charge in [-0.15, -0.1) is 11.3 Å². The van der Waals surface area contributed by atoms with Gasteiger partial charge in [0, 0.05) is 60.9 Å². The van der Waals surface area contributed by atoms with Gasteiger partial charge in [-0.3, -0.25) is 19.8 Å². The van der Waals surface area contributed by atoms with Crippen molar-refractivity contribution in [3.63, 3.8) is 0 Å². The van der Waals surface area contributed by atoms with Crippen LogP contribution in [0.25, 0.3) is 0 Å². The van der Waals surface area contributed by atoms with Crippen LogP contribution in [0.5, 0.6) is 0 Å². The van der Waals surface area contributed by atoms with Gasteiger partial charge in [0.25, 0.3) is 5.91 Å².